The summed E-state index contributed by atoms with van der Waals surface area (Å²) >= 11 is 0. The van der Waals surface area contributed by atoms with E-state index in [1.165, 1.54) is 33.4 Å². The van der Waals surface area contributed by atoms with Crippen LogP contribution in [0.25, 0.3) is 21.9 Å². The molecule has 1 aliphatic heterocycles. The molecule has 0 saturated carbocycles. The molecule has 0 amide bonds. The minimum atomic E-state index is 0.233. The van der Waals surface area contributed by atoms with E-state index >= 15 is 0 Å². The third-order valence-corrected chi connectivity index (χ3v) is 5.68. The van der Waals surface area contributed by atoms with E-state index in [9.17, 15) is 0 Å². The van der Waals surface area contributed by atoms with E-state index in [4.69, 9.17) is 4.42 Å². The van der Waals surface area contributed by atoms with Crippen molar-refractivity contribution in [3.8, 4) is 0 Å². The Morgan fingerprint density at radius 3 is 2.42 bits per heavy atom. The van der Waals surface area contributed by atoms with Crippen LogP contribution in [-0.4, -0.2) is 13.2 Å². The van der Waals surface area contributed by atoms with Crippen LogP contribution in [0.3, 0.4) is 0 Å². The number of rotatable bonds is 2. The van der Waals surface area contributed by atoms with Gasteiger partial charge in [-0.15, -0.1) is 0 Å². The number of para-hydroxylation sites is 3. The molecule has 2 heterocycles. The van der Waals surface area contributed by atoms with Crippen LogP contribution in [0.15, 0.2) is 65.1 Å². The van der Waals surface area contributed by atoms with Crippen LogP contribution in [0.5, 0.6) is 0 Å². The number of hydrogen-bond acceptors (Lipinski definition) is 3. The Kier molecular flexibility index (Phi) is 3.26. The van der Waals surface area contributed by atoms with Crippen molar-refractivity contribution in [2.75, 3.05) is 16.8 Å². The summed E-state index contributed by atoms with van der Waals surface area (Å²) in [5.41, 5.74) is 6.95. The predicted octanol–water partition coefficient (Wildman–Crippen LogP) is 6.08. The third-order valence-electron chi connectivity index (χ3n) is 5.68. The molecule has 4 aromatic rings. The Bertz CT molecular complexity index is 1130. The number of anilines is 3. The van der Waals surface area contributed by atoms with E-state index in [2.05, 4.69) is 85.3 Å². The standard InChI is InChI=1S/C23H22N2O/c1-4-16-13-14-18-17-9-5-8-12-21(17)26-23(18)22(16)25-15(2)24(3)19-10-6-7-11-20(19)25/h5-15H,4H2,1-3H3/t15-/m0/s1. The zero-order chi connectivity index (χ0) is 17.8. The van der Waals surface area contributed by atoms with Crippen LogP contribution in [0.4, 0.5) is 17.1 Å². The molecular weight excluding hydrogens is 320 g/mol. The van der Waals surface area contributed by atoms with Gasteiger partial charge in [-0.05, 0) is 37.1 Å². The fraction of sp³-hybridized carbons (Fsp3) is 0.217. The van der Waals surface area contributed by atoms with Gasteiger partial charge in [0.25, 0.3) is 0 Å². The molecule has 26 heavy (non-hydrogen) atoms. The third kappa shape index (κ3) is 1.94. The molecule has 0 spiro atoms. The molecular formula is C23H22N2O. The molecule has 1 atom stereocenters. The van der Waals surface area contributed by atoms with Gasteiger partial charge >= 0.3 is 0 Å². The van der Waals surface area contributed by atoms with Crippen molar-refractivity contribution in [2.45, 2.75) is 26.4 Å². The zero-order valence-electron chi connectivity index (χ0n) is 15.4. The van der Waals surface area contributed by atoms with E-state index in [1.54, 1.807) is 0 Å². The first kappa shape index (κ1) is 15.3. The number of nitrogens with zero attached hydrogens (tertiary/aromatic N) is 2. The highest BCUT2D eigenvalue weighted by molar-refractivity contribution is 6.10. The lowest BCUT2D eigenvalue weighted by Crippen LogP contribution is -2.36. The normalized spacial score (nSPS) is 16.7. The average Bonchev–Trinajstić information content (AvgIpc) is 3.17. The molecule has 3 heteroatoms. The molecule has 0 radical (unpaired) electrons. The van der Waals surface area contributed by atoms with Gasteiger partial charge in [0.1, 0.15) is 11.7 Å². The molecule has 3 nitrogen and oxygen atoms in total. The summed E-state index contributed by atoms with van der Waals surface area (Å²) in [6.07, 6.45) is 1.20. The van der Waals surface area contributed by atoms with Crippen LogP contribution >= 0.6 is 0 Å². The van der Waals surface area contributed by atoms with E-state index in [1.807, 2.05) is 6.07 Å². The van der Waals surface area contributed by atoms with E-state index < -0.39 is 0 Å². The van der Waals surface area contributed by atoms with Crippen LogP contribution in [-0.2, 0) is 6.42 Å². The van der Waals surface area contributed by atoms with Crippen LogP contribution < -0.4 is 9.80 Å². The lowest BCUT2D eigenvalue weighted by atomic mass is 10.0. The van der Waals surface area contributed by atoms with Gasteiger partial charge in [-0.1, -0.05) is 49.4 Å². The molecule has 0 N–H and O–H groups in total. The van der Waals surface area contributed by atoms with Crippen LogP contribution in [0.2, 0.25) is 0 Å². The fourth-order valence-corrected chi connectivity index (χ4v) is 4.21. The second-order valence-corrected chi connectivity index (χ2v) is 7.00. The van der Waals surface area contributed by atoms with Crippen LogP contribution in [0, 0.1) is 0 Å². The van der Waals surface area contributed by atoms with Crippen molar-refractivity contribution in [3.63, 3.8) is 0 Å². The lowest BCUT2D eigenvalue weighted by molar-refractivity contribution is 0.660. The molecule has 5 rings (SSSR count). The van der Waals surface area contributed by atoms with Gasteiger partial charge in [0.2, 0.25) is 0 Å². The van der Waals surface area contributed by atoms with Gasteiger partial charge in [-0.3, -0.25) is 0 Å². The summed E-state index contributed by atoms with van der Waals surface area (Å²) in [6.45, 7) is 4.46. The minimum Gasteiger partial charge on any atom is -0.454 e. The monoisotopic (exact) mass is 342 g/mol. The smallest absolute Gasteiger partial charge is 0.159 e. The summed E-state index contributed by atoms with van der Waals surface area (Å²) in [5, 5.41) is 2.37. The van der Waals surface area contributed by atoms with Crippen LogP contribution in [0.1, 0.15) is 19.4 Å². The highest BCUT2D eigenvalue weighted by Crippen LogP contribution is 2.48. The first-order valence-electron chi connectivity index (χ1n) is 9.25. The molecule has 0 saturated heterocycles. The molecule has 0 aliphatic carbocycles. The zero-order valence-corrected chi connectivity index (χ0v) is 15.4. The quantitative estimate of drug-likeness (QED) is 0.440. The average molecular weight is 342 g/mol. The fourth-order valence-electron chi connectivity index (χ4n) is 4.21. The van der Waals surface area contributed by atoms with Gasteiger partial charge in [-0.25, -0.2) is 0 Å². The molecule has 0 unspecified atom stereocenters. The molecule has 0 fully saturated rings. The molecule has 130 valence electrons. The first-order valence-corrected chi connectivity index (χ1v) is 9.25. The Morgan fingerprint density at radius 2 is 1.62 bits per heavy atom. The number of aryl methyl sites for hydroxylation is 1. The van der Waals surface area contributed by atoms with Crippen molar-refractivity contribution in [1.82, 2.24) is 0 Å². The second kappa shape index (κ2) is 5.53. The maximum atomic E-state index is 6.38. The van der Waals surface area contributed by atoms with Gasteiger partial charge < -0.3 is 14.2 Å². The predicted molar refractivity (Wildman–Crippen MR) is 110 cm³/mol. The number of hydrogen-bond donors (Lipinski definition) is 0. The summed E-state index contributed by atoms with van der Waals surface area (Å²) in [6, 6.07) is 21.4. The van der Waals surface area contributed by atoms with Crippen molar-refractivity contribution in [2.24, 2.45) is 0 Å². The minimum absolute atomic E-state index is 0.233. The summed E-state index contributed by atoms with van der Waals surface area (Å²) in [5.74, 6) is 0. The summed E-state index contributed by atoms with van der Waals surface area (Å²) in [7, 11) is 2.16. The van der Waals surface area contributed by atoms with Gasteiger partial charge in [0.05, 0.1) is 17.1 Å². The van der Waals surface area contributed by atoms with E-state index in [0.29, 0.717) is 0 Å². The maximum Gasteiger partial charge on any atom is 0.159 e. The van der Waals surface area contributed by atoms with Crippen molar-refractivity contribution < 1.29 is 4.42 Å². The second-order valence-electron chi connectivity index (χ2n) is 7.00. The van der Waals surface area contributed by atoms with Gasteiger partial charge in [0.15, 0.2) is 5.58 Å². The van der Waals surface area contributed by atoms with E-state index in [0.717, 1.165) is 17.6 Å². The molecule has 1 aromatic heterocycles. The Balaban J connectivity index is 1.86. The lowest BCUT2D eigenvalue weighted by Gasteiger charge is -2.29. The molecule has 0 bridgehead atoms. The molecule has 1 aliphatic rings. The Morgan fingerprint density at radius 1 is 0.885 bits per heavy atom. The van der Waals surface area contributed by atoms with E-state index in [-0.39, 0.29) is 6.17 Å². The number of benzene rings is 3. The Hall–Kier alpha value is -2.94. The maximum absolute atomic E-state index is 6.38. The largest absolute Gasteiger partial charge is 0.454 e. The van der Waals surface area contributed by atoms with Crippen molar-refractivity contribution >= 4 is 39.0 Å². The highest BCUT2D eigenvalue weighted by atomic mass is 16.3. The number of fused-ring (bicyclic) bond motifs is 4. The topological polar surface area (TPSA) is 19.6 Å². The van der Waals surface area contributed by atoms with Crippen molar-refractivity contribution in [1.29, 1.82) is 0 Å². The SMILES string of the molecule is CCc1ccc2c(oc3ccccc32)c1N1c2ccccc2N(C)[C@@H]1C. The highest BCUT2D eigenvalue weighted by Gasteiger charge is 2.34. The summed E-state index contributed by atoms with van der Waals surface area (Å²) in [4.78, 5) is 4.76. The van der Waals surface area contributed by atoms with Gasteiger partial charge in [-0.2, -0.15) is 0 Å². The van der Waals surface area contributed by atoms with Crippen molar-refractivity contribution in [3.05, 3.63) is 66.2 Å². The number of furan rings is 1. The summed E-state index contributed by atoms with van der Waals surface area (Å²) < 4.78 is 6.38. The molecule has 3 aromatic carbocycles. The Labute approximate surface area is 153 Å². The van der Waals surface area contributed by atoms with Gasteiger partial charge in [0, 0.05) is 17.8 Å². The first-order chi connectivity index (χ1) is 12.7.